The standard InChI is InChI=1S/C7H8N2O2S.Li/c10-7(11)6-9-4-1-2-8-3-5(4)12-6;/h8H,1-3H2,(H,10,11);/q;+1/p-1. The summed E-state index contributed by atoms with van der Waals surface area (Å²) in [5, 5.41) is 13.7. The number of nitrogens with zero attached hydrogens (tertiary/aromatic N) is 1. The van der Waals surface area contributed by atoms with E-state index < -0.39 is 5.97 Å². The summed E-state index contributed by atoms with van der Waals surface area (Å²) in [5.74, 6) is -1.17. The van der Waals surface area contributed by atoms with Crippen LogP contribution in [0.1, 0.15) is 20.4 Å². The van der Waals surface area contributed by atoms with E-state index in [9.17, 15) is 9.90 Å². The quantitative estimate of drug-likeness (QED) is 0.460. The number of carbonyl (C=O) groups is 1. The van der Waals surface area contributed by atoms with E-state index in [-0.39, 0.29) is 23.9 Å². The molecule has 1 N–H and O–H groups in total. The maximum absolute atomic E-state index is 10.4. The smallest absolute Gasteiger partial charge is 0.542 e. The first-order valence-corrected chi connectivity index (χ1v) is 4.49. The summed E-state index contributed by atoms with van der Waals surface area (Å²) in [7, 11) is 0. The number of hydrogen-bond acceptors (Lipinski definition) is 5. The van der Waals surface area contributed by atoms with Crippen LogP contribution < -0.4 is 29.3 Å². The van der Waals surface area contributed by atoms with E-state index >= 15 is 0 Å². The van der Waals surface area contributed by atoms with Crippen LogP contribution in [0.25, 0.3) is 0 Å². The topological polar surface area (TPSA) is 65.0 Å². The predicted octanol–water partition coefficient (Wildman–Crippen LogP) is -3.84. The van der Waals surface area contributed by atoms with Crippen LogP contribution in [0.15, 0.2) is 0 Å². The largest absolute Gasteiger partial charge is 1.00 e. The van der Waals surface area contributed by atoms with Crippen molar-refractivity contribution in [2.75, 3.05) is 6.54 Å². The van der Waals surface area contributed by atoms with Gasteiger partial charge in [-0.3, -0.25) is 0 Å². The second-order valence-corrected chi connectivity index (χ2v) is 3.69. The van der Waals surface area contributed by atoms with Gasteiger partial charge >= 0.3 is 18.9 Å². The normalized spacial score (nSPS) is 14.5. The minimum absolute atomic E-state index is 0. The molecule has 2 rings (SSSR count). The molecule has 0 aliphatic carbocycles. The van der Waals surface area contributed by atoms with Crippen molar-refractivity contribution in [2.24, 2.45) is 0 Å². The van der Waals surface area contributed by atoms with Gasteiger partial charge in [-0.2, -0.15) is 0 Å². The van der Waals surface area contributed by atoms with Gasteiger partial charge in [0.2, 0.25) is 0 Å². The SMILES string of the molecule is O=C([O-])c1nc2c(s1)CNCC2.[Li+]. The van der Waals surface area contributed by atoms with Crippen LogP contribution >= 0.6 is 11.3 Å². The van der Waals surface area contributed by atoms with Crippen molar-refractivity contribution in [1.29, 1.82) is 0 Å². The summed E-state index contributed by atoms with van der Waals surface area (Å²) >= 11 is 1.21. The van der Waals surface area contributed by atoms with Crippen LogP contribution in [0.5, 0.6) is 0 Å². The maximum atomic E-state index is 10.4. The average Bonchev–Trinajstić information content (AvgIpc) is 2.46. The van der Waals surface area contributed by atoms with E-state index in [1.807, 2.05) is 0 Å². The van der Waals surface area contributed by atoms with E-state index in [1.54, 1.807) is 0 Å². The average molecular weight is 190 g/mol. The molecule has 0 radical (unpaired) electrons. The third-order valence-electron chi connectivity index (χ3n) is 1.78. The van der Waals surface area contributed by atoms with Crippen molar-refractivity contribution in [1.82, 2.24) is 10.3 Å². The summed E-state index contributed by atoms with van der Waals surface area (Å²) in [6, 6.07) is 0. The minimum Gasteiger partial charge on any atom is -0.542 e. The molecule has 0 fully saturated rings. The van der Waals surface area contributed by atoms with Crippen molar-refractivity contribution < 1.29 is 28.8 Å². The van der Waals surface area contributed by atoms with Gasteiger partial charge in [0.25, 0.3) is 0 Å². The van der Waals surface area contributed by atoms with E-state index in [0.717, 1.165) is 30.1 Å². The Balaban J connectivity index is 0.000000845. The number of aromatic nitrogens is 1. The van der Waals surface area contributed by atoms with Gasteiger partial charge in [0, 0.05) is 24.4 Å². The van der Waals surface area contributed by atoms with Gasteiger partial charge in [-0.05, 0) is 0 Å². The first kappa shape index (κ1) is 10.7. The van der Waals surface area contributed by atoms with Crippen molar-refractivity contribution in [3.63, 3.8) is 0 Å². The van der Waals surface area contributed by atoms with E-state index in [4.69, 9.17) is 0 Å². The first-order valence-electron chi connectivity index (χ1n) is 3.68. The summed E-state index contributed by atoms with van der Waals surface area (Å²) in [4.78, 5) is 15.4. The Morgan fingerprint density at radius 2 is 2.38 bits per heavy atom. The zero-order valence-electron chi connectivity index (χ0n) is 7.29. The van der Waals surface area contributed by atoms with E-state index in [1.165, 1.54) is 11.3 Å². The first-order chi connectivity index (χ1) is 5.77. The van der Waals surface area contributed by atoms with Crippen LogP contribution in [-0.2, 0) is 13.0 Å². The number of carboxylic acids is 1. The number of carbonyl (C=O) groups excluding carboxylic acids is 1. The summed E-state index contributed by atoms with van der Waals surface area (Å²) in [5.41, 5.74) is 0.915. The van der Waals surface area contributed by atoms with Crippen molar-refractivity contribution in [3.05, 3.63) is 15.6 Å². The summed E-state index contributed by atoms with van der Waals surface area (Å²) < 4.78 is 0. The van der Waals surface area contributed by atoms with Gasteiger partial charge in [-0.25, -0.2) is 4.98 Å². The molecule has 0 unspecified atom stereocenters. The molecular formula is C7H7LiN2O2S. The molecule has 1 aromatic heterocycles. The molecule has 0 spiro atoms. The number of nitrogens with one attached hydrogen (secondary N) is 1. The minimum atomic E-state index is -1.17. The fourth-order valence-corrected chi connectivity index (χ4v) is 2.13. The Bertz CT molecular complexity index is 303. The van der Waals surface area contributed by atoms with Gasteiger partial charge in [-0.15, -0.1) is 11.3 Å². The molecule has 0 bridgehead atoms. The Labute approximate surface area is 91.5 Å². The van der Waals surface area contributed by atoms with E-state index in [0.29, 0.717) is 0 Å². The molecule has 4 nitrogen and oxygen atoms in total. The molecule has 13 heavy (non-hydrogen) atoms. The molecule has 2 heterocycles. The molecule has 0 atom stereocenters. The molecule has 1 aliphatic heterocycles. The molecule has 1 aliphatic rings. The van der Waals surface area contributed by atoms with Gasteiger partial charge < -0.3 is 15.2 Å². The Kier molecular flexibility index (Phi) is 3.51. The molecule has 1 aromatic rings. The number of aromatic carboxylic acids is 1. The summed E-state index contributed by atoms with van der Waals surface area (Å²) in [6.45, 7) is 1.61. The fourth-order valence-electron chi connectivity index (χ4n) is 1.21. The van der Waals surface area contributed by atoms with Crippen LogP contribution in [0, 0.1) is 0 Å². The molecule has 6 heteroatoms. The predicted molar refractivity (Wildman–Crippen MR) is 41.9 cm³/mol. The van der Waals surface area contributed by atoms with Gasteiger partial charge in [0.15, 0.2) is 0 Å². The second kappa shape index (κ2) is 4.25. The molecule has 0 saturated carbocycles. The van der Waals surface area contributed by atoms with Gasteiger partial charge in [0.1, 0.15) is 11.0 Å². The van der Waals surface area contributed by atoms with Gasteiger partial charge in [-0.1, -0.05) is 0 Å². The maximum Gasteiger partial charge on any atom is 1.00 e. The van der Waals surface area contributed by atoms with Crippen LogP contribution in [0.3, 0.4) is 0 Å². The Morgan fingerprint density at radius 3 is 3.00 bits per heavy atom. The molecule has 0 aromatic carbocycles. The molecular weight excluding hydrogens is 183 g/mol. The third-order valence-corrected chi connectivity index (χ3v) is 2.85. The van der Waals surface area contributed by atoms with Crippen LogP contribution in [0.4, 0.5) is 0 Å². The fraction of sp³-hybridized carbons (Fsp3) is 0.429. The third kappa shape index (κ3) is 2.12. The van der Waals surface area contributed by atoms with Crippen LogP contribution in [-0.4, -0.2) is 17.5 Å². The van der Waals surface area contributed by atoms with E-state index in [2.05, 4.69) is 10.3 Å². The Morgan fingerprint density at radius 1 is 1.62 bits per heavy atom. The number of rotatable bonds is 1. The molecule has 0 saturated heterocycles. The number of thiazole rings is 1. The molecule has 64 valence electrons. The van der Waals surface area contributed by atoms with Crippen molar-refractivity contribution >= 4 is 17.3 Å². The number of fused-ring (bicyclic) bond motifs is 1. The Hall–Kier alpha value is -0.343. The van der Waals surface area contributed by atoms with Crippen molar-refractivity contribution in [2.45, 2.75) is 13.0 Å². The molecule has 0 amide bonds. The zero-order chi connectivity index (χ0) is 8.55. The second-order valence-electron chi connectivity index (χ2n) is 2.60. The zero-order valence-corrected chi connectivity index (χ0v) is 8.11. The number of hydrogen-bond donors (Lipinski definition) is 1. The number of carboxylic acid groups (broad SMARTS) is 1. The van der Waals surface area contributed by atoms with Gasteiger partial charge in [0.05, 0.1) is 5.69 Å². The summed E-state index contributed by atoms with van der Waals surface area (Å²) in [6.07, 6.45) is 0.819. The van der Waals surface area contributed by atoms with Crippen LogP contribution in [0.2, 0.25) is 0 Å². The monoisotopic (exact) mass is 190 g/mol. The van der Waals surface area contributed by atoms with Crippen molar-refractivity contribution in [3.8, 4) is 0 Å².